The molecule has 2 rings (SSSR count). The molecule has 1 amide bonds. The van der Waals surface area contributed by atoms with Gasteiger partial charge in [0.25, 0.3) is 5.91 Å². The molecule has 0 aliphatic carbocycles. The van der Waals surface area contributed by atoms with Crippen LogP contribution in [0.4, 0.5) is 15.8 Å². The number of hydrogen-bond acceptors (Lipinski definition) is 3. The minimum absolute atomic E-state index is 0.264. The Balaban J connectivity index is 2.29. The fourth-order valence-corrected chi connectivity index (χ4v) is 2.21. The van der Waals surface area contributed by atoms with Gasteiger partial charge in [-0.05, 0) is 53.2 Å². The lowest BCUT2D eigenvalue weighted by Crippen LogP contribution is -2.16. The van der Waals surface area contributed by atoms with Crippen LogP contribution in [0.5, 0.6) is 5.75 Å². The van der Waals surface area contributed by atoms with Crippen molar-refractivity contribution in [3.8, 4) is 5.75 Å². The molecule has 0 saturated heterocycles. The summed E-state index contributed by atoms with van der Waals surface area (Å²) in [6.07, 6.45) is 0. The number of nitrogen functional groups attached to an aromatic ring is 1. The molecule has 0 atom stereocenters. The van der Waals surface area contributed by atoms with E-state index < -0.39 is 11.7 Å². The van der Waals surface area contributed by atoms with Gasteiger partial charge in [-0.25, -0.2) is 4.39 Å². The number of carbonyl (C=O) groups excluding carboxylic acids is 1. The Morgan fingerprint density at radius 3 is 2.81 bits per heavy atom. The molecule has 0 fully saturated rings. The Morgan fingerprint density at radius 2 is 2.14 bits per heavy atom. The number of nitrogens with two attached hydrogens (primary N) is 1. The van der Waals surface area contributed by atoms with Gasteiger partial charge >= 0.3 is 0 Å². The molecule has 0 aliphatic rings. The quantitative estimate of drug-likeness (QED) is 0.822. The van der Waals surface area contributed by atoms with Crippen molar-refractivity contribution in [3.63, 3.8) is 0 Å². The van der Waals surface area contributed by atoms with Gasteiger partial charge in [0, 0.05) is 11.4 Å². The molecule has 0 heterocycles. The molecule has 0 bridgehead atoms. The van der Waals surface area contributed by atoms with Crippen LogP contribution in [0.3, 0.4) is 0 Å². The molecule has 4 nitrogen and oxygen atoms in total. The van der Waals surface area contributed by atoms with Crippen molar-refractivity contribution in [2.45, 2.75) is 6.92 Å². The van der Waals surface area contributed by atoms with Crippen LogP contribution in [0.2, 0.25) is 0 Å². The van der Waals surface area contributed by atoms with E-state index in [0.29, 0.717) is 23.7 Å². The molecule has 110 valence electrons. The van der Waals surface area contributed by atoms with E-state index in [0.717, 1.165) is 0 Å². The lowest BCUT2D eigenvalue weighted by atomic mass is 10.1. The summed E-state index contributed by atoms with van der Waals surface area (Å²) >= 11 is 3.07. The number of ether oxygens (including phenoxy) is 1. The van der Waals surface area contributed by atoms with E-state index in [9.17, 15) is 9.18 Å². The smallest absolute Gasteiger partial charge is 0.261 e. The maximum absolute atomic E-state index is 13.2. The summed E-state index contributed by atoms with van der Waals surface area (Å²) in [7, 11) is 0. The largest absolute Gasteiger partial charge is 0.493 e. The molecule has 6 heteroatoms. The Kier molecular flexibility index (Phi) is 4.80. The van der Waals surface area contributed by atoms with Crippen LogP contribution < -0.4 is 15.8 Å². The van der Waals surface area contributed by atoms with Crippen molar-refractivity contribution in [3.05, 3.63) is 52.3 Å². The zero-order valence-electron chi connectivity index (χ0n) is 11.3. The first-order valence-corrected chi connectivity index (χ1v) is 7.10. The minimum Gasteiger partial charge on any atom is -0.493 e. The highest BCUT2D eigenvalue weighted by Gasteiger charge is 2.16. The van der Waals surface area contributed by atoms with Gasteiger partial charge in [-0.2, -0.15) is 0 Å². The summed E-state index contributed by atoms with van der Waals surface area (Å²) < 4.78 is 18.9. The number of hydrogen-bond donors (Lipinski definition) is 2. The summed E-state index contributed by atoms with van der Waals surface area (Å²) in [5, 5.41) is 2.67. The number of rotatable bonds is 4. The molecule has 0 unspecified atom stereocenters. The number of amides is 1. The molecular weight excluding hydrogens is 339 g/mol. The van der Waals surface area contributed by atoms with Crippen molar-refractivity contribution >= 4 is 33.2 Å². The van der Waals surface area contributed by atoms with Crippen molar-refractivity contribution in [1.82, 2.24) is 0 Å². The van der Waals surface area contributed by atoms with Gasteiger partial charge in [0.05, 0.1) is 11.1 Å². The van der Waals surface area contributed by atoms with Crippen LogP contribution in [0.25, 0.3) is 0 Å². The van der Waals surface area contributed by atoms with Gasteiger partial charge in [-0.3, -0.25) is 4.79 Å². The fourth-order valence-electron chi connectivity index (χ4n) is 1.83. The van der Waals surface area contributed by atoms with Crippen molar-refractivity contribution in [1.29, 1.82) is 0 Å². The van der Waals surface area contributed by atoms with Crippen LogP contribution in [-0.2, 0) is 0 Å². The van der Waals surface area contributed by atoms with Crippen LogP contribution in [-0.4, -0.2) is 12.5 Å². The van der Waals surface area contributed by atoms with Crippen LogP contribution in [0.15, 0.2) is 40.9 Å². The SMILES string of the molecule is CCOc1cccc(N)c1C(=O)Nc1ccc(F)c(Br)c1. The molecule has 3 N–H and O–H groups in total. The maximum Gasteiger partial charge on any atom is 0.261 e. The van der Waals surface area contributed by atoms with Gasteiger partial charge in [0.2, 0.25) is 0 Å². The third-order valence-electron chi connectivity index (χ3n) is 2.76. The summed E-state index contributed by atoms with van der Waals surface area (Å²) in [5.74, 6) is -0.395. The third-order valence-corrected chi connectivity index (χ3v) is 3.37. The Morgan fingerprint density at radius 1 is 1.38 bits per heavy atom. The Bertz CT molecular complexity index is 677. The first-order valence-electron chi connectivity index (χ1n) is 6.30. The molecule has 0 spiro atoms. The van der Waals surface area contributed by atoms with Gasteiger partial charge in [-0.15, -0.1) is 0 Å². The summed E-state index contributed by atoms with van der Waals surface area (Å²) in [6, 6.07) is 9.22. The number of benzene rings is 2. The van der Waals surface area contributed by atoms with Gasteiger partial charge in [0.15, 0.2) is 0 Å². The second kappa shape index (κ2) is 6.58. The van der Waals surface area contributed by atoms with E-state index in [4.69, 9.17) is 10.5 Å². The van der Waals surface area contributed by atoms with E-state index in [1.807, 2.05) is 6.92 Å². The summed E-state index contributed by atoms with van der Waals surface area (Å²) in [4.78, 5) is 12.3. The molecule has 2 aromatic carbocycles. The number of anilines is 2. The molecule has 0 aliphatic heterocycles. The predicted molar refractivity (Wildman–Crippen MR) is 84.1 cm³/mol. The number of nitrogens with one attached hydrogen (secondary N) is 1. The zero-order valence-corrected chi connectivity index (χ0v) is 12.9. The second-order valence-corrected chi connectivity index (χ2v) is 5.09. The number of halogens is 2. The topological polar surface area (TPSA) is 64.3 Å². The fraction of sp³-hybridized carbons (Fsp3) is 0.133. The summed E-state index contributed by atoms with van der Waals surface area (Å²) in [5.41, 5.74) is 6.89. The summed E-state index contributed by atoms with van der Waals surface area (Å²) in [6.45, 7) is 2.24. The first-order chi connectivity index (χ1) is 10.0. The van der Waals surface area contributed by atoms with E-state index in [1.54, 1.807) is 18.2 Å². The Labute approximate surface area is 130 Å². The molecule has 0 radical (unpaired) electrons. The molecule has 0 saturated carbocycles. The Hall–Kier alpha value is -2.08. The van der Waals surface area contributed by atoms with Crippen LogP contribution in [0, 0.1) is 5.82 Å². The highest BCUT2D eigenvalue weighted by atomic mass is 79.9. The van der Waals surface area contributed by atoms with E-state index >= 15 is 0 Å². The highest BCUT2D eigenvalue weighted by molar-refractivity contribution is 9.10. The molecule has 21 heavy (non-hydrogen) atoms. The maximum atomic E-state index is 13.2. The van der Waals surface area contributed by atoms with Crippen molar-refractivity contribution in [2.75, 3.05) is 17.7 Å². The average molecular weight is 353 g/mol. The zero-order chi connectivity index (χ0) is 15.4. The average Bonchev–Trinajstić information content (AvgIpc) is 2.43. The van der Waals surface area contributed by atoms with E-state index in [-0.39, 0.29) is 10.0 Å². The lowest BCUT2D eigenvalue weighted by molar-refractivity contribution is 0.102. The van der Waals surface area contributed by atoms with Gasteiger partial charge < -0.3 is 15.8 Å². The van der Waals surface area contributed by atoms with E-state index in [2.05, 4.69) is 21.2 Å². The first kappa shape index (κ1) is 15.3. The monoisotopic (exact) mass is 352 g/mol. The predicted octanol–water partition coefficient (Wildman–Crippen LogP) is 3.82. The molecular formula is C15H14BrFN2O2. The van der Waals surface area contributed by atoms with Crippen LogP contribution >= 0.6 is 15.9 Å². The van der Waals surface area contributed by atoms with Crippen molar-refractivity contribution in [2.24, 2.45) is 0 Å². The van der Waals surface area contributed by atoms with Gasteiger partial charge in [0.1, 0.15) is 17.1 Å². The van der Waals surface area contributed by atoms with E-state index in [1.165, 1.54) is 18.2 Å². The molecule has 2 aromatic rings. The minimum atomic E-state index is -0.407. The second-order valence-electron chi connectivity index (χ2n) is 4.24. The third kappa shape index (κ3) is 3.52. The van der Waals surface area contributed by atoms with Crippen LogP contribution in [0.1, 0.15) is 17.3 Å². The molecule has 0 aromatic heterocycles. The van der Waals surface area contributed by atoms with Gasteiger partial charge in [-0.1, -0.05) is 6.07 Å². The highest BCUT2D eigenvalue weighted by Crippen LogP contribution is 2.26. The lowest BCUT2D eigenvalue weighted by Gasteiger charge is -2.13. The number of carbonyl (C=O) groups is 1. The standard InChI is InChI=1S/C15H14BrFN2O2/c1-2-21-13-5-3-4-12(18)14(13)15(20)19-9-6-7-11(17)10(16)8-9/h3-8H,2,18H2,1H3,(H,19,20). The van der Waals surface area contributed by atoms with Crippen molar-refractivity contribution < 1.29 is 13.9 Å². The normalized spacial score (nSPS) is 10.2.